The minimum absolute atomic E-state index is 0.119. The Morgan fingerprint density at radius 3 is 2.56 bits per heavy atom. The van der Waals surface area contributed by atoms with Crippen LogP contribution in [0.4, 0.5) is 13.2 Å². The predicted molar refractivity (Wildman–Crippen MR) is 91.4 cm³/mol. The number of hydrogen-bond donors (Lipinski definition) is 1. The van der Waals surface area contributed by atoms with Crippen LogP contribution in [0.5, 0.6) is 5.75 Å². The average Bonchev–Trinajstić information content (AvgIpc) is 2.56. The Labute approximate surface area is 158 Å². The SMILES string of the molecule is O=C(O)C1CN(Cc2ccc(OCc3cc(C(F)(F)F)c(Cl)cn3)cc2)C1. The Kier molecular flexibility index (Phi) is 5.57. The number of aromatic nitrogens is 1. The molecule has 5 nitrogen and oxygen atoms in total. The Morgan fingerprint density at radius 2 is 1.96 bits per heavy atom. The maximum atomic E-state index is 12.9. The van der Waals surface area contributed by atoms with Crippen molar-refractivity contribution in [3.8, 4) is 5.75 Å². The van der Waals surface area contributed by atoms with Crippen molar-refractivity contribution in [2.75, 3.05) is 13.1 Å². The number of halogens is 4. The minimum Gasteiger partial charge on any atom is -0.487 e. The van der Waals surface area contributed by atoms with Crippen LogP contribution in [0.1, 0.15) is 16.8 Å². The van der Waals surface area contributed by atoms with Gasteiger partial charge in [-0.15, -0.1) is 0 Å². The number of likely N-dealkylation sites (tertiary alicyclic amines) is 1. The number of carbonyl (C=O) groups is 1. The molecule has 1 fully saturated rings. The molecule has 144 valence electrons. The lowest BCUT2D eigenvalue weighted by Crippen LogP contribution is -2.49. The molecule has 1 saturated heterocycles. The highest BCUT2D eigenvalue weighted by Crippen LogP contribution is 2.34. The smallest absolute Gasteiger partial charge is 0.417 e. The zero-order valence-electron chi connectivity index (χ0n) is 14.0. The van der Waals surface area contributed by atoms with Crippen molar-refractivity contribution in [1.82, 2.24) is 9.88 Å². The van der Waals surface area contributed by atoms with Gasteiger partial charge in [0.25, 0.3) is 0 Å². The monoisotopic (exact) mass is 400 g/mol. The molecule has 1 aliphatic heterocycles. The number of carboxylic acid groups (broad SMARTS) is 1. The molecule has 1 aromatic heterocycles. The third kappa shape index (κ3) is 4.90. The summed E-state index contributed by atoms with van der Waals surface area (Å²) in [7, 11) is 0. The number of pyridine rings is 1. The first-order valence-corrected chi connectivity index (χ1v) is 8.48. The van der Waals surface area contributed by atoms with Crippen LogP contribution in [-0.2, 0) is 24.1 Å². The van der Waals surface area contributed by atoms with Gasteiger partial charge >= 0.3 is 12.1 Å². The fourth-order valence-corrected chi connectivity index (χ4v) is 2.95. The number of alkyl halides is 3. The molecule has 3 rings (SSSR count). The maximum absolute atomic E-state index is 12.9. The second kappa shape index (κ2) is 7.74. The molecule has 2 aromatic rings. The fourth-order valence-electron chi connectivity index (χ4n) is 2.74. The molecule has 1 N–H and O–H groups in total. The number of rotatable bonds is 6. The van der Waals surface area contributed by atoms with Gasteiger partial charge in [0.15, 0.2) is 0 Å². The van der Waals surface area contributed by atoms with Crippen molar-refractivity contribution >= 4 is 17.6 Å². The molecule has 0 aliphatic carbocycles. The van der Waals surface area contributed by atoms with E-state index >= 15 is 0 Å². The normalized spacial score (nSPS) is 15.4. The van der Waals surface area contributed by atoms with Crippen LogP contribution >= 0.6 is 11.6 Å². The quantitative estimate of drug-likeness (QED) is 0.798. The highest BCUT2D eigenvalue weighted by atomic mass is 35.5. The third-order valence-electron chi connectivity index (χ3n) is 4.24. The van der Waals surface area contributed by atoms with Gasteiger partial charge in [-0.2, -0.15) is 13.2 Å². The number of aliphatic carboxylic acids is 1. The van der Waals surface area contributed by atoms with Crippen LogP contribution in [0, 0.1) is 5.92 Å². The van der Waals surface area contributed by atoms with Gasteiger partial charge in [0.05, 0.1) is 22.2 Å². The molecule has 0 amide bonds. The number of benzene rings is 1. The van der Waals surface area contributed by atoms with Gasteiger partial charge in [-0.1, -0.05) is 23.7 Å². The molecule has 1 aromatic carbocycles. The maximum Gasteiger partial charge on any atom is 0.417 e. The van der Waals surface area contributed by atoms with Crippen molar-refractivity contribution in [2.45, 2.75) is 19.3 Å². The summed E-state index contributed by atoms with van der Waals surface area (Å²) in [6.07, 6.45) is -3.59. The van der Waals surface area contributed by atoms with E-state index in [1.807, 2.05) is 17.0 Å². The highest BCUT2D eigenvalue weighted by Gasteiger charge is 2.34. The number of ether oxygens (including phenoxy) is 1. The molecule has 9 heteroatoms. The second-order valence-electron chi connectivity index (χ2n) is 6.32. The Bertz CT molecular complexity index is 822. The van der Waals surface area contributed by atoms with Crippen molar-refractivity contribution in [3.63, 3.8) is 0 Å². The Hall–Kier alpha value is -2.32. The van der Waals surface area contributed by atoms with Crippen LogP contribution in [0.15, 0.2) is 36.5 Å². The minimum atomic E-state index is -4.55. The molecule has 0 saturated carbocycles. The zero-order valence-corrected chi connectivity index (χ0v) is 14.8. The first kappa shape index (κ1) is 19.4. The summed E-state index contributed by atoms with van der Waals surface area (Å²) in [5.41, 5.74) is 0.175. The van der Waals surface area contributed by atoms with E-state index in [2.05, 4.69) is 4.98 Å². The molecule has 0 atom stereocenters. The molecule has 1 aliphatic rings. The van der Waals surface area contributed by atoms with Crippen molar-refractivity contribution in [2.24, 2.45) is 5.92 Å². The third-order valence-corrected chi connectivity index (χ3v) is 4.54. The van der Waals surface area contributed by atoms with E-state index in [-0.39, 0.29) is 18.2 Å². The van der Waals surface area contributed by atoms with E-state index in [1.54, 1.807) is 12.1 Å². The lowest BCUT2D eigenvalue weighted by atomic mass is 10.00. The standard InChI is InChI=1S/C18H16ClF3N2O3/c19-16-6-23-13(5-15(16)18(20,21)22)10-27-14-3-1-11(2-4-14)7-24-8-12(9-24)17(25)26/h1-6,12H,7-10H2,(H,25,26). The first-order valence-electron chi connectivity index (χ1n) is 8.11. The van der Waals surface area contributed by atoms with Gasteiger partial charge in [0.2, 0.25) is 0 Å². The van der Waals surface area contributed by atoms with Crippen LogP contribution in [0.3, 0.4) is 0 Å². The molecule has 27 heavy (non-hydrogen) atoms. The summed E-state index contributed by atoms with van der Waals surface area (Å²) < 4.78 is 44.0. The van der Waals surface area contributed by atoms with E-state index in [0.29, 0.717) is 25.4 Å². The van der Waals surface area contributed by atoms with Gasteiger partial charge in [-0.25, -0.2) is 0 Å². The van der Waals surface area contributed by atoms with Crippen LogP contribution < -0.4 is 4.74 Å². The summed E-state index contributed by atoms with van der Waals surface area (Å²) in [5.74, 6) is -0.586. The summed E-state index contributed by atoms with van der Waals surface area (Å²) in [6.45, 7) is 1.57. The second-order valence-corrected chi connectivity index (χ2v) is 6.72. The summed E-state index contributed by atoms with van der Waals surface area (Å²) in [5, 5.41) is 8.41. The van der Waals surface area contributed by atoms with E-state index in [4.69, 9.17) is 21.4 Å². The summed E-state index contributed by atoms with van der Waals surface area (Å²) >= 11 is 5.54. The van der Waals surface area contributed by atoms with E-state index in [0.717, 1.165) is 17.8 Å². The van der Waals surface area contributed by atoms with Crippen LogP contribution in [0.25, 0.3) is 0 Å². The summed E-state index contributed by atoms with van der Waals surface area (Å²) in [4.78, 5) is 16.7. The molecule has 0 unspecified atom stereocenters. The van der Waals surface area contributed by atoms with Gasteiger partial charge in [-0.3, -0.25) is 14.7 Å². The molecule has 0 bridgehead atoms. The number of hydrogen-bond acceptors (Lipinski definition) is 4. The summed E-state index contributed by atoms with van der Waals surface area (Å²) in [6, 6.07) is 7.97. The largest absolute Gasteiger partial charge is 0.487 e. The zero-order chi connectivity index (χ0) is 19.6. The first-order chi connectivity index (χ1) is 12.7. The van der Waals surface area contributed by atoms with Crippen LogP contribution in [0.2, 0.25) is 5.02 Å². The topological polar surface area (TPSA) is 62.7 Å². The molecule has 0 radical (unpaired) electrons. The van der Waals surface area contributed by atoms with E-state index < -0.39 is 22.7 Å². The molecule has 0 spiro atoms. The molecular formula is C18H16ClF3N2O3. The van der Waals surface area contributed by atoms with E-state index in [9.17, 15) is 18.0 Å². The number of carboxylic acids is 1. The van der Waals surface area contributed by atoms with Gasteiger partial charge in [0, 0.05) is 25.8 Å². The van der Waals surface area contributed by atoms with Gasteiger partial charge in [0.1, 0.15) is 12.4 Å². The fraction of sp³-hybridized carbons (Fsp3) is 0.333. The van der Waals surface area contributed by atoms with Crippen molar-refractivity contribution in [3.05, 3.63) is 58.4 Å². The average molecular weight is 401 g/mol. The van der Waals surface area contributed by atoms with Gasteiger partial charge in [-0.05, 0) is 23.8 Å². The van der Waals surface area contributed by atoms with Crippen molar-refractivity contribution < 1.29 is 27.8 Å². The van der Waals surface area contributed by atoms with Crippen LogP contribution in [-0.4, -0.2) is 34.0 Å². The molecular weight excluding hydrogens is 385 g/mol. The Morgan fingerprint density at radius 1 is 1.30 bits per heavy atom. The van der Waals surface area contributed by atoms with Crippen molar-refractivity contribution in [1.29, 1.82) is 0 Å². The molecule has 2 heterocycles. The van der Waals surface area contributed by atoms with Gasteiger partial charge < -0.3 is 9.84 Å². The highest BCUT2D eigenvalue weighted by molar-refractivity contribution is 6.31. The Balaban J connectivity index is 1.54. The number of nitrogens with zero attached hydrogens (tertiary/aromatic N) is 2. The lowest BCUT2D eigenvalue weighted by molar-refractivity contribution is -0.147. The predicted octanol–water partition coefficient (Wildman–Crippen LogP) is 3.85. The van der Waals surface area contributed by atoms with E-state index in [1.165, 1.54) is 0 Å². The lowest BCUT2D eigenvalue weighted by Gasteiger charge is -2.36.